The second kappa shape index (κ2) is 8.22. The molecule has 0 unspecified atom stereocenters. The average Bonchev–Trinajstić information content (AvgIpc) is 3.25. The summed E-state index contributed by atoms with van der Waals surface area (Å²) in [4.78, 5) is 30.9. The van der Waals surface area contributed by atoms with E-state index < -0.39 is 0 Å². The molecule has 1 fully saturated rings. The van der Waals surface area contributed by atoms with Crippen molar-refractivity contribution in [3.8, 4) is 0 Å². The fourth-order valence-corrected chi connectivity index (χ4v) is 8.35. The number of amides is 2. The fourth-order valence-electron chi connectivity index (χ4n) is 3.60. The van der Waals surface area contributed by atoms with Crippen molar-refractivity contribution in [3.63, 3.8) is 0 Å². The van der Waals surface area contributed by atoms with E-state index >= 15 is 0 Å². The van der Waals surface area contributed by atoms with Crippen molar-refractivity contribution in [2.75, 3.05) is 19.0 Å². The molecule has 5 rings (SSSR count). The monoisotopic (exact) mass is 657 g/mol. The number of para-hydroxylation sites is 2. The molecule has 154 valence electrons. The van der Waals surface area contributed by atoms with Gasteiger partial charge in [-0.1, -0.05) is 0 Å². The Labute approximate surface area is 205 Å². The minimum atomic E-state index is -0.246. The van der Waals surface area contributed by atoms with Gasteiger partial charge in [-0.3, -0.25) is 0 Å². The van der Waals surface area contributed by atoms with Crippen molar-refractivity contribution >= 4 is 97.8 Å². The SMILES string of the molecule is CN1C(=O)C(=Cc2ccc(N3c4ccccc4[Se]c4ccccc43)[se]2)C(=O)N(C)C1=[Te]. The average molecular weight is 653 g/mol. The number of rotatable bonds is 2. The summed E-state index contributed by atoms with van der Waals surface area (Å²) in [5, 5.41) is 0. The maximum absolute atomic E-state index is 12.7. The molecule has 2 amide bonds. The molecule has 3 heterocycles. The molecule has 1 saturated heterocycles. The molecule has 0 N–H and O–H groups in total. The summed E-state index contributed by atoms with van der Waals surface area (Å²) in [5.41, 5.74) is 2.68. The van der Waals surface area contributed by atoms with Crippen LogP contribution in [0, 0.1) is 0 Å². The summed E-state index contributed by atoms with van der Waals surface area (Å²) in [5.74, 6) is -0.491. The molecule has 1 aromatic heterocycles. The molecule has 3 aromatic rings. The van der Waals surface area contributed by atoms with E-state index in [9.17, 15) is 9.59 Å². The van der Waals surface area contributed by atoms with Gasteiger partial charge in [0.2, 0.25) is 0 Å². The molecule has 0 aliphatic carbocycles. The Balaban J connectivity index is 1.57. The Bertz CT molecular complexity index is 1210. The van der Waals surface area contributed by atoms with Crippen LogP contribution in [0.15, 0.2) is 66.2 Å². The molecule has 2 aliphatic heterocycles. The maximum atomic E-state index is 12.7. The number of hydrogen-bond donors (Lipinski definition) is 0. The zero-order chi connectivity index (χ0) is 21.7. The molecule has 31 heavy (non-hydrogen) atoms. The topological polar surface area (TPSA) is 43.9 Å². The molecule has 0 radical (unpaired) electrons. The van der Waals surface area contributed by atoms with Gasteiger partial charge in [0.1, 0.15) is 0 Å². The van der Waals surface area contributed by atoms with Gasteiger partial charge in [-0.05, 0) is 0 Å². The Hall–Kier alpha value is -1.90. The predicted molar refractivity (Wildman–Crippen MR) is 127 cm³/mol. The quantitative estimate of drug-likeness (QED) is 0.183. The van der Waals surface area contributed by atoms with Crippen LogP contribution in [0.25, 0.3) is 6.08 Å². The van der Waals surface area contributed by atoms with Crippen LogP contribution in [0.1, 0.15) is 4.44 Å². The molecule has 5 nitrogen and oxygen atoms in total. The van der Waals surface area contributed by atoms with E-state index in [1.54, 1.807) is 42.0 Å². The van der Waals surface area contributed by atoms with E-state index in [0.717, 1.165) is 4.44 Å². The number of carbonyl (C=O) groups excluding carboxylic acids is 2. The number of nitrogens with zero attached hydrogens (tertiary/aromatic N) is 3. The van der Waals surface area contributed by atoms with Crippen LogP contribution in [0.5, 0.6) is 0 Å². The van der Waals surface area contributed by atoms with E-state index in [1.165, 1.54) is 34.7 Å². The predicted octanol–water partition coefficient (Wildman–Crippen LogP) is 0.751. The van der Waals surface area contributed by atoms with E-state index in [-0.39, 0.29) is 46.8 Å². The van der Waals surface area contributed by atoms with Gasteiger partial charge < -0.3 is 0 Å². The molecule has 0 spiro atoms. The molecule has 2 aliphatic rings. The zero-order valence-electron chi connectivity index (χ0n) is 16.7. The number of carbonyl (C=O) groups is 2. The Kier molecular flexibility index (Phi) is 5.56. The summed E-state index contributed by atoms with van der Waals surface area (Å²) in [6.07, 6.45) is 1.78. The first-order valence-corrected chi connectivity index (χ1v) is 14.1. The van der Waals surface area contributed by atoms with Crippen LogP contribution < -0.4 is 13.8 Å². The minimum absolute atomic E-state index is 0.0217. The number of anilines is 3. The standard InChI is InChI=1S/C23H17N3O2Se2Te/c1-24-21(27)15(22(28)25(2)23(24)31)13-14-11-12-20(29-14)26-16-7-3-5-9-18(16)30-19-10-6-4-8-17(19)26/h3-13H,1-2H3. The Morgan fingerprint density at radius 1 is 0.806 bits per heavy atom. The van der Waals surface area contributed by atoms with Crippen molar-refractivity contribution < 1.29 is 9.59 Å². The van der Waals surface area contributed by atoms with Gasteiger partial charge in [-0.15, -0.1) is 0 Å². The number of benzene rings is 2. The van der Waals surface area contributed by atoms with Crippen LogP contribution >= 0.6 is 0 Å². The molecule has 0 atom stereocenters. The molecular formula is C23H17N3O2Se2Te. The third kappa shape index (κ3) is 3.58. The third-order valence-corrected chi connectivity index (χ3v) is 11.3. The summed E-state index contributed by atoms with van der Waals surface area (Å²) in [6.45, 7) is 0. The third-order valence-electron chi connectivity index (χ3n) is 5.20. The van der Waals surface area contributed by atoms with Crippen molar-refractivity contribution in [1.29, 1.82) is 0 Å². The van der Waals surface area contributed by atoms with Crippen molar-refractivity contribution in [2.45, 2.75) is 0 Å². The molecule has 0 saturated carbocycles. The summed E-state index contributed by atoms with van der Waals surface area (Å²) in [6, 6.07) is 21.3. The zero-order valence-corrected chi connectivity index (χ0v) is 22.5. The second-order valence-electron chi connectivity index (χ2n) is 7.12. The van der Waals surface area contributed by atoms with Gasteiger partial charge in [0, 0.05) is 0 Å². The van der Waals surface area contributed by atoms with Crippen molar-refractivity contribution in [1.82, 2.24) is 9.80 Å². The number of fused-ring (bicyclic) bond motifs is 2. The Morgan fingerprint density at radius 3 is 1.94 bits per heavy atom. The van der Waals surface area contributed by atoms with E-state index in [2.05, 4.69) is 59.5 Å². The van der Waals surface area contributed by atoms with Crippen molar-refractivity contribution in [2.24, 2.45) is 0 Å². The van der Waals surface area contributed by atoms with Gasteiger partial charge in [0.05, 0.1) is 0 Å². The number of likely N-dealkylation sites (N-methyl/N-ethyl adjacent to an activating group) is 2. The van der Waals surface area contributed by atoms with E-state index in [0.29, 0.717) is 3.80 Å². The fraction of sp³-hybridized carbons (Fsp3) is 0.0870. The van der Waals surface area contributed by atoms with Gasteiger partial charge in [0.25, 0.3) is 0 Å². The van der Waals surface area contributed by atoms with Crippen LogP contribution in [-0.4, -0.2) is 90.8 Å². The molecule has 8 heteroatoms. The number of hydrogen-bond acceptors (Lipinski definition) is 3. The summed E-state index contributed by atoms with van der Waals surface area (Å²) >= 11 is 1.95. The summed E-state index contributed by atoms with van der Waals surface area (Å²) < 4.78 is 5.60. The second-order valence-corrected chi connectivity index (χ2v) is 12.7. The molecule has 0 bridgehead atoms. The van der Waals surface area contributed by atoms with E-state index in [1.807, 2.05) is 6.07 Å². The molecular weight excluding hydrogens is 636 g/mol. The first-order valence-electron chi connectivity index (χ1n) is 9.53. The van der Waals surface area contributed by atoms with Crippen molar-refractivity contribution in [3.05, 3.63) is 70.7 Å². The summed E-state index contributed by atoms with van der Waals surface area (Å²) in [7, 11) is 3.41. The van der Waals surface area contributed by atoms with Gasteiger partial charge in [-0.25, -0.2) is 0 Å². The first kappa shape index (κ1) is 21.0. The van der Waals surface area contributed by atoms with Gasteiger partial charge >= 0.3 is 207 Å². The van der Waals surface area contributed by atoms with E-state index in [4.69, 9.17) is 0 Å². The normalized spacial score (nSPS) is 15.9. The van der Waals surface area contributed by atoms with Gasteiger partial charge in [-0.2, -0.15) is 0 Å². The van der Waals surface area contributed by atoms with Gasteiger partial charge in [0.15, 0.2) is 0 Å². The van der Waals surface area contributed by atoms with Crippen LogP contribution in [0.3, 0.4) is 0 Å². The Morgan fingerprint density at radius 2 is 1.35 bits per heavy atom. The molecule has 2 aromatic carbocycles. The van der Waals surface area contributed by atoms with Crippen LogP contribution in [-0.2, 0) is 9.59 Å². The van der Waals surface area contributed by atoms with Crippen LogP contribution in [0.2, 0.25) is 0 Å². The first-order chi connectivity index (χ1) is 15.0. The van der Waals surface area contributed by atoms with Crippen LogP contribution in [0.4, 0.5) is 15.9 Å².